The van der Waals surface area contributed by atoms with Gasteiger partial charge in [-0.15, -0.1) is 0 Å². The molecule has 0 saturated carbocycles. The first-order valence-corrected chi connectivity index (χ1v) is 4.60. The lowest BCUT2D eigenvalue weighted by molar-refractivity contribution is 0.668. The Morgan fingerprint density at radius 1 is 0.889 bits per heavy atom. The first-order valence-electron chi connectivity index (χ1n) is 3.34. The van der Waals surface area contributed by atoms with Gasteiger partial charge in [-0.3, -0.25) is 0 Å². The van der Waals surface area contributed by atoms with E-state index in [1.54, 1.807) is 0 Å². The summed E-state index contributed by atoms with van der Waals surface area (Å²) in [5.74, 6) is 1.96. The summed E-state index contributed by atoms with van der Waals surface area (Å²) >= 11 is 8.18. The van der Waals surface area contributed by atoms with Crippen LogP contribution in [0.25, 0.3) is 0 Å². The summed E-state index contributed by atoms with van der Waals surface area (Å²) in [6, 6.07) is 0. The first-order chi connectivity index (χ1) is 4.41. The van der Waals surface area contributed by atoms with Crippen molar-refractivity contribution in [1.82, 2.24) is 5.32 Å². The molecule has 0 aliphatic rings. The predicted molar refractivity (Wildman–Crippen MR) is 49.8 cm³/mol. The summed E-state index contributed by atoms with van der Waals surface area (Å²) < 4.78 is 0. The van der Waals surface area contributed by atoms with E-state index in [1.807, 2.05) is 0 Å². The Morgan fingerprint density at radius 3 is 1.67 bits per heavy atom. The average Bonchev–Trinajstić information content (AvgIpc) is 1.89. The van der Waals surface area contributed by atoms with Gasteiger partial charge < -0.3 is 5.32 Å². The van der Waals surface area contributed by atoms with Gasteiger partial charge in [-0.1, -0.05) is 0 Å². The van der Waals surface area contributed by atoms with Gasteiger partial charge in [-0.25, -0.2) is 0 Å². The van der Waals surface area contributed by atoms with Gasteiger partial charge in [-0.05, 0) is 37.4 Å². The highest BCUT2D eigenvalue weighted by Crippen LogP contribution is 1.82. The van der Waals surface area contributed by atoms with Gasteiger partial charge in [0.25, 0.3) is 0 Å². The molecule has 0 atom stereocenters. The van der Waals surface area contributed by atoms with Crippen LogP contribution >= 0.6 is 25.3 Å². The lowest BCUT2D eigenvalue weighted by Gasteiger charge is -1.99. The second kappa shape index (κ2) is 8.66. The van der Waals surface area contributed by atoms with Crippen molar-refractivity contribution < 1.29 is 0 Å². The van der Waals surface area contributed by atoms with Gasteiger partial charge in [0.2, 0.25) is 0 Å². The minimum absolute atomic E-state index is 0.980. The normalized spacial score (nSPS) is 10.0. The molecule has 0 spiro atoms. The molecule has 56 valence electrons. The molecule has 0 rings (SSSR count). The van der Waals surface area contributed by atoms with Crippen molar-refractivity contribution in [1.29, 1.82) is 0 Å². The lowest BCUT2D eigenvalue weighted by atomic mass is 10.4. The highest BCUT2D eigenvalue weighted by atomic mass is 32.1. The molecule has 0 aliphatic carbocycles. The third-order valence-electron chi connectivity index (χ3n) is 1.02. The molecule has 0 saturated heterocycles. The zero-order valence-electron chi connectivity index (χ0n) is 5.64. The van der Waals surface area contributed by atoms with Crippen molar-refractivity contribution >= 4 is 25.3 Å². The summed E-state index contributed by atoms with van der Waals surface area (Å²) in [5, 5.41) is 3.29. The molecular weight excluding hydrogens is 150 g/mol. The molecule has 1 nitrogen and oxygen atoms in total. The predicted octanol–water partition coefficient (Wildman–Crippen LogP) is 1.22. The Labute approximate surface area is 68.4 Å². The molecular formula is C6H15NS2. The van der Waals surface area contributed by atoms with Gasteiger partial charge in [0.05, 0.1) is 0 Å². The SMILES string of the molecule is SCCCNCCCS. The summed E-state index contributed by atoms with van der Waals surface area (Å²) in [7, 11) is 0. The molecule has 3 heteroatoms. The zero-order chi connectivity index (χ0) is 6.95. The molecule has 0 fully saturated rings. The van der Waals surface area contributed by atoms with Gasteiger partial charge in [0.15, 0.2) is 0 Å². The maximum absolute atomic E-state index is 4.09. The van der Waals surface area contributed by atoms with Crippen molar-refractivity contribution in [3.63, 3.8) is 0 Å². The van der Waals surface area contributed by atoms with E-state index in [2.05, 4.69) is 30.6 Å². The first kappa shape index (κ1) is 9.66. The number of rotatable bonds is 6. The molecule has 0 aliphatic heterocycles. The van der Waals surface area contributed by atoms with Crippen molar-refractivity contribution in [3.05, 3.63) is 0 Å². The van der Waals surface area contributed by atoms with Gasteiger partial charge in [0, 0.05) is 0 Å². The Balaban J connectivity index is 2.60. The smallest absolute Gasteiger partial charge is 0.00411 e. The molecule has 0 bridgehead atoms. The van der Waals surface area contributed by atoms with E-state index < -0.39 is 0 Å². The molecule has 0 unspecified atom stereocenters. The van der Waals surface area contributed by atoms with Crippen molar-refractivity contribution in [2.24, 2.45) is 0 Å². The number of hydrogen-bond acceptors (Lipinski definition) is 3. The van der Waals surface area contributed by atoms with Gasteiger partial charge in [0.1, 0.15) is 0 Å². The molecule has 0 aromatic rings. The molecule has 9 heavy (non-hydrogen) atoms. The van der Waals surface area contributed by atoms with Crippen LogP contribution in [0.15, 0.2) is 0 Å². The summed E-state index contributed by atoms with van der Waals surface area (Å²) in [5.41, 5.74) is 0. The molecule has 0 heterocycles. The monoisotopic (exact) mass is 165 g/mol. The van der Waals surface area contributed by atoms with E-state index in [0.29, 0.717) is 0 Å². The minimum atomic E-state index is 0.980. The maximum atomic E-state index is 4.09. The third-order valence-corrected chi connectivity index (χ3v) is 1.66. The second-order valence-electron chi connectivity index (χ2n) is 1.90. The molecule has 0 aromatic carbocycles. The minimum Gasteiger partial charge on any atom is -0.317 e. The van der Waals surface area contributed by atoms with Crippen LogP contribution in [0.2, 0.25) is 0 Å². The van der Waals surface area contributed by atoms with Gasteiger partial charge >= 0.3 is 0 Å². The topological polar surface area (TPSA) is 12.0 Å². The van der Waals surface area contributed by atoms with Crippen LogP contribution < -0.4 is 5.32 Å². The van der Waals surface area contributed by atoms with E-state index >= 15 is 0 Å². The van der Waals surface area contributed by atoms with Crippen LogP contribution in [0.1, 0.15) is 12.8 Å². The van der Waals surface area contributed by atoms with Crippen molar-refractivity contribution in [3.8, 4) is 0 Å². The highest BCUT2D eigenvalue weighted by molar-refractivity contribution is 7.80. The van der Waals surface area contributed by atoms with Gasteiger partial charge in [-0.2, -0.15) is 25.3 Å². The summed E-state index contributed by atoms with van der Waals surface area (Å²) in [4.78, 5) is 0. The fraction of sp³-hybridized carbons (Fsp3) is 1.00. The maximum Gasteiger partial charge on any atom is -0.00411 e. The van der Waals surface area contributed by atoms with Crippen molar-refractivity contribution in [2.75, 3.05) is 24.6 Å². The van der Waals surface area contributed by atoms with E-state index in [1.165, 1.54) is 0 Å². The lowest BCUT2D eigenvalue weighted by Crippen LogP contribution is -2.17. The Hall–Kier alpha value is 0.660. The van der Waals surface area contributed by atoms with Crippen LogP contribution in [0, 0.1) is 0 Å². The van der Waals surface area contributed by atoms with E-state index in [9.17, 15) is 0 Å². The molecule has 0 radical (unpaired) electrons. The quantitative estimate of drug-likeness (QED) is 0.397. The highest BCUT2D eigenvalue weighted by Gasteiger charge is 1.83. The number of thiol groups is 2. The Morgan fingerprint density at radius 2 is 1.33 bits per heavy atom. The van der Waals surface area contributed by atoms with Crippen LogP contribution in [0.5, 0.6) is 0 Å². The van der Waals surface area contributed by atoms with E-state index in [4.69, 9.17) is 0 Å². The van der Waals surface area contributed by atoms with E-state index in [0.717, 1.165) is 37.4 Å². The number of hydrogen-bond donors (Lipinski definition) is 3. The van der Waals surface area contributed by atoms with E-state index in [-0.39, 0.29) is 0 Å². The molecule has 0 aromatic heterocycles. The fourth-order valence-corrected chi connectivity index (χ4v) is 0.849. The fourth-order valence-electron chi connectivity index (χ4n) is 0.533. The average molecular weight is 165 g/mol. The van der Waals surface area contributed by atoms with Crippen LogP contribution in [0.4, 0.5) is 0 Å². The largest absolute Gasteiger partial charge is 0.317 e. The summed E-state index contributed by atoms with van der Waals surface area (Å²) in [6.45, 7) is 2.19. The second-order valence-corrected chi connectivity index (χ2v) is 2.80. The standard InChI is InChI=1S/C6H15NS2/c8-5-1-3-7-4-2-6-9/h7-9H,1-6H2. The Bertz CT molecular complexity index is 44.3. The molecule has 0 amide bonds. The molecule has 1 N–H and O–H groups in total. The third kappa shape index (κ3) is 8.66. The van der Waals surface area contributed by atoms with Crippen LogP contribution in [0.3, 0.4) is 0 Å². The zero-order valence-corrected chi connectivity index (χ0v) is 7.43. The van der Waals surface area contributed by atoms with Crippen LogP contribution in [-0.4, -0.2) is 24.6 Å². The van der Waals surface area contributed by atoms with Crippen LogP contribution in [-0.2, 0) is 0 Å². The number of nitrogens with one attached hydrogen (secondary N) is 1. The Kier molecular flexibility index (Phi) is 9.30. The summed E-state index contributed by atoms with van der Waals surface area (Å²) in [6.07, 6.45) is 2.32. The van der Waals surface area contributed by atoms with Crippen molar-refractivity contribution in [2.45, 2.75) is 12.8 Å².